The number of nitrogens with two attached hydrogens (primary N) is 1. The molecule has 0 aromatic carbocycles. The van der Waals surface area contributed by atoms with Crippen LogP contribution in [0, 0.1) is 0 Å². The van der Waals surface area contributed by atoms with Gasteiger partial charge < -0.3 is 16.0 Å². The summed E-state index contributed by atoms with van der Waals surface area (Å²) in [6, 6.07) is 3.66. The van der Waals surface area contributed by atoms with E-state index in [1.807, 2.05) is 11.0 Å². The van der Waals surface area contributed by atoms with Crippen molar-refractivity contribution in [3.63, 3.8) is 0 Å². The zero-order valence-electron chi connectivity index (χ0n) is 9.19. The van der Waals surface area contributed by atoms with E-state index in [0.717, 1.165) is 24.5 Å². The molecule has 2 heterocycles. The molecule has 6 heteroatoms. The van der Waals surface area contributed by atoms with Crippen LogP contribution in [0.15, 0.2) is 30.2 Å². The van der Waals surface area contributed by atoms with Gasteiger partial charge in [-0.25, -0.2) is 4.98 Å². The van der Waals surface area contributed by atoms with Crippen molar-refractivity contribution in [2.45, 2.75) is 6.54 Å². The van der Waals surface area contributed by atoms with Crippen LogP contribution in [0.25, 0.3) is 0 Å². The maximum absolute atomic E-state index is 10.8. The van der Waals surface area contributed by atoms with E-state index >= 15 is 0 Å². The van der Waals surface area contributed by atoms with E-state index in [-0.39, 0.29) is 0 Å². The lowest BCUT2D eigenvalue weighted by atomic mass is 10.2. The average molecular weight is 253 g/mol. The Morgan fingerprint density at radius 1 is 1.65 bits per heavy atom. The molecule has 3 N–H and O–H groups in total. The highest BCUT2D eigenvalue weighted by Crippen LogP contribution is 2.13. The number of rotatable bonds is 3. The van der Waals surface area contributed by atoms with Gasteiger partial charge in [-0.1, -0.05) is 17.7 Å². The van der Waals surface area contributed by atoms with Gasteiger partial charge in [0.05, 0.1) is 0 Å². The van der Waals surface area contributed by atoms with Crippen molar-refractivity contribution >= 4 is 17.5 Å². The Hall–Kier alpha value is -1.75. The minimum Gasteiger partial charge on any atom is -0.370 e. The van der Waals surface area contributed by atoms with Gasteiger partial charge in [0, 0.05) is 31.9 Å². The average Bonchev–Trinajstić information content (AvgIpc) is 2.68. The molecule has 1 aliphatic heterocycles. The van der Waals surface area contributed by atoms with Crippen LogP contribution < -0.4 is 11.1 Å². The van der Waals surface area contributed by atoms with Crippen molar-refractivity contribution < 1.29 is 4.79 Å². The molecule has 5 nitrogen and oxygen atoms in total. The molecule has 1 aliphatic rings. The van der Waals surface area contributed by atoms with Crippen molar-refractivity contribution in [2.24, 2.45) is 5.73 Å². The number of nitrogens with zero attached hydrogens (tertiary/aromatic N) is 2. The Kier molecular flexibility index (Phi) is 3.49. The third-order valence-corrected chi connectivity index (χ3v) is 2.69. The second-order valence-corrected chi connectivity index (χ2v) is 4.16. The SMILES string of the molecule is NC(=O)/C=C1\NCCN1Cc1ccc(Cl)nc1. The van der Waals surface area contributed by atoms with E-state index in [0.29, 0.717) is 11.7 Å². The fraction of sp³-hybridized carbons (Fsp3) is 0.273. The first-order chi connectivity index (χ1) is 8.15. The summed E-state index contributed by atoms with van der Waals surface area (Å²) >= 11 is 5.72. The lowest BCUT2D eigenvalue weighted by Crippen LogP contribution is -2.22. The van der Waals surface area contributed by atoms with E-state index in [4.69, 9.17) is 17.3 Å². The molecule has 1 amide bonds. The first-order valence-electron chi connectivity index (χ1n) is 5.25. The summed E-state index contributed by atoms with van der Waals surface area (Å²) in [6.07, 6.45) is 3.12. The van der Waals surface area contributed by atoms with Crippen LogP contribution in [-0.4, -0.2) is 28.9 Å². The molecule has 0 saturated carbocycles. The normalized spacial score (nSPS) is 17.2. The Morgan fingerprint density at radius 2 is 2.47 bits per heavy atom. The number of nitrogens with one attached hydrogen (secondary N) is 1. The second kappa shape index (κ2) is 5.05. The van der Waals surface area contributed by atoms with Crippen LogP contribution in [0.3, 0.4) is 0 Å². The van der Waals surface area contributed by atoms with E-state index in [9.17, 15) is 4.79 Å². The molecule has 1 aromatic rings. The zero-order valence-corrected chi connectivity index (χ0v) is 9.94. The number of amides is 1. The zero-order chi connectivity index (χ0) is 12.3. The predicted octanol–water partition coefficient (Wildman–Crippen LogP) is 0.467. The van der Waals surface area contributed by atoms with Gasteiger partial charge >= 0.3 is 0 Å². The molecule has 0 radical (unpaired) electrons. The highest BCUT2D eigenvalue weighted by molar-refractivity contribution is 6.29. The summed E-state index contributed by atoms with van der Waals surface area (Å²) < 4.78 is 0. The van der Waals surface area contributed by atoms with E-state index in [1.165, 1.54) is 6.08 Å². The quantitative estimate of drug-likeness (QED) is 0.606. The van der Waals surface area contributed by atoms with Crippen LogP contribution in [-0.2, 0) is 11.3 Å². The molecule has 17 heavy (non-hydrogen) atoms. The molecular formula is C11H13ClN4O. The number of hydrogen-bond acceptors (Lipinski definition) is 4. The van der Waals surface area contributed by atoms with Gasteiger partial charge in [0.2, 0.25) is 5.91 Å². The van der Waals surface area contributed by atoms with Crippen molar-refractivity contribution in [2.75, 3.05) is 13.1 Å². The number of primary amides is 1. The Balaban J connectivity index is 2.07. The van der Waals surface area contributed by atoms with Gasteiger partial charge in [-0.05, 0) is 11.6 Å². The summed E-state index contributed by atoms with van der Waals surface area (Å²) in [5.74, 6) is 0.307. The first kappa shape index (κ1) is 11.7. The molecule has 1 saturated heterocycles. The maximum atomic E-state index is 10.8. The third-order valence-electron chi connectivity index (χ3n) is 2.47. The van der Waals surface area contributed by atoms with Gasteiger partial charge in [0.1, 0.15) is 11.0 Å². The molecular weight excluding hydrogens is 240 g/mol. The lowest BCUT2D eigenvalue weighted by molar-refractivity contribution is -0.113. The number of halogens is 1. The highest BCUT2D eigenvalue weighted by Gasteiger charge is 2.16. The highest BCUT2D eigenvalue weighted by atomic mass is 35.5. The number of pyridine rings is 1. The minimum absolute atomic E-state index is 0.450. The summed E-state index contributed by atoms with van der Waals surface area (Å²) in [7, 11) is 0. The molecule has 0 bridgehead atoms. The monoisotopic (exact) mass is 252 g/mol. The number of aromatic nitrogens is 1. The van der Waals surface area contributed by atoms with Crippen LogP contribution in [0.1, 0.15) is 5.56 Å². The van der Waals surface area contributed by atoms with Crippen molar-refractivity contribution in [3.05, 3.63) is 40.9 Å². The fourth-order valence-electron chi connectivity index (χ4n) is 1.71. The Morgan fingerprint density at radius 3 is 3.12 bits per heavy atom. The summed E-state index contributed by atoms with van der Waals surface area (Å²) in [5, 5.41) is 3.58. The van der Waals surface area contributed by atoms with Crippen LogP contribution in [0.2, 0.25) is 5.15 Å². The van der Waals surface area contributed by atoms with Crippen LogP contribution in [0.4, 0.5) is 0 Å². The van der Waals surface area contributed by atoms with Crippen molar-refractivity contribution in [1.82, 2.24) is 15.2 Å². The van der Waals surface area contributed by atoms with Crippen LogP contribution >= 0.6 is 11.6 Å². The largest absolute Gasteiger partial charge is 0.370 e. The maximum Gasteiger partial charge on any atom is 0.245 e. The minimum atomic E-state index is -0.450. The van der Waals surface area contributed by atoms with Gasteiger partial charge in [0.15, 0.2) is 0 Å². The standard InChI is InChI=1S/C11H13ClN4O/c12-9-2-1-8(6-15-9)7-16-4-3-14-11(16)5-10(13)17/h1-2,5-6,14H,3-4,7H2,(H2,13,17)/b11-5+. The molecule has 0 unspecified atom stereocenters. The molecule has 1 aromatic heterocycles. The van der Waals surface area contributed by atoms with Gasteiger partial charge in [-0.3, -0.25) is 4.79 Å². The number of hydrogen-bond donors (Lipinski definition) is 2. The summed E-state index contributed by atoms with van der Waals surface area (Å²) in [6.45, 7) is 2.32. The van der Waals surface area contributed by atoms with Crippen molar-refractivity contribution in [1.29, 1.82) is 0 Å². The molecule has 0 atom stereocenters. The molecule has 0 aliphatic carbocycles. The number of carbonyl (C=O) groups excluding carboxylic acids is 1. The van der Waals surface area contributed by atoms with E-state index in [1.54, 1.807) is 12.3 Å². The second-order valence-electron chi connectivity index (χ2n) is 3.77. The summed E-state index contributed by atoms with van der Waals surface area (Å²) in [4.78, 5) is 16.9. The molecule has 90 valence electrons. The third kappa shape index (κ3) is 3.10. The molecule has 1 fully saturated rings. The first-order valence-corrected chi connectivity index (χ1v) is 5.63. The smallest absolute Gasteiger partial charge is 0.245 e. The van der Waals surface area contributed by atoms with Gasteiger partial charge in [0.25, 0.3) is 0 Å². The Bertz CT molecular complexity index is 443. The van der Waals surface area contributed by atoms with Gasteiger partial charge in [-0.2, -0.15) is 0 Å². The van der Waals surface area contributed by atoms with E-state index < -0.39 is 5.91 Å². The number of carbonyl (C=O) groups is 1. The van der Waals surface area contributed by atoms with Crippen molar-refractivity contribution in [3.8, 4) is 0 Å². The van der Waals surface area contributed by atoms with Gasteiger partial charge in [-0.15, -0.1) is 0 Å². The predicted molar refractivity (Wildman–Crippen MR) is 64.9 cm³/mol. The molecule has 2 rings (SSSR count). The lowest BCUT2D eigenvalue weighted by Gasteiger charge is -2.18. The molecule has 0 spiro atoms. The summed E-state index contributed by atoms with van der Waals surface area (Å²) in [5.41, 5.74) is 6.17. The van der Waals surface area contributed by atoms with Crippen LogP contribution in [0.5, 0.6) is 0 Å². The fourth-order valence-corrected chi connectivity index (χ4v) is 1.82. The topological polar surface area (TPSA) is 71.2 Å². The van der Waals surface area contributed by atoms with E-state index in [2.05, 4.69) is 10.3 Å². The Labute approximate surface area is 104 Å².